The minimum absolute atomic E-state index is 0.150. The number of anilines is 2. The maximum Gasteiger partial charge on any atom is 0.245 e. The van der Waals surface area contributed by atoms with Crippen molar-refractivity contribution in [3.05, 3.63) is 23.2 Å². The number of hydrogen-bond acceptors (Lipinski definition) is 7. The SMILES string of the molecule is Cc1nc(NC(=O)CN(C)c2ncnc3nc[nH]c23)sc1C. The Hall–Kier alpha value is -2.55. The van der Waals surface area contributed by atoms with Gasteiger partial charge in [-0.1, -0.05) is 0 Å². The lowest BCUT2D eigenvalue weighted by atomic mass is 10.4. The fraction of sp³-hybridized carbons (Fsp3) is 0.308. The van der Waals surface area contributed by atoms with E-state index in [4.69, 9.17) is 0 Å². The Kier molecular flexibility index (Phi) is 3.72. The number of H-pyrrole nitrogens is 1. The zero-order chi connectivity index (χ0) is 15.7. The van der Waals surface area contributed by atoms with Crippen LogP contribution in [-0.2, 0) is 4.79 Å². The largest absolute Gasteiger partial charge is 0.348 e. The van der Waals surface area contributed by atoms with Crippen LogP contribution < -0.4 is 10.2 Å². The van der Waals surface area contributed by atoms with E-state index in [1.54, 1.807) is 18.3 Å². The van der Waals surface area contributed by atoms with E-state index >= 15 is 0 Å². The Labute approximate surface area is 130 Å². The zero-order valence-electron chi connectivity index (χ0n) is 12.4. The summed E-state index contributed by atoms with van der Waals surface area (Å²) in [5.74, 6) is 0.478. The lowest BCUT2D eigenvalue weighted by molar-refractivity contribution is -0.114. The Bertz CT molecular complexity index is 805. The molecule has 114 valence electrons. The van der Waals surface area contributed by atoms with Gasteiger partial charge in [0.1, 0.15) is 11.8 Å². The van der Waals surface area contributed by atoms with Gasteiger partial charge in [0, 0.05) is 11.9 Å². The molecule has 0 unspecified atom stereocenters. The number of aromatic nitrogens is 5. The zero-order valence-corrected chi connectivity index (χ0v) is 13.2. The number of carbonyl (C=O) groups excluding carboxylic acids is 1. The van der Waals surface area contributed by atoms with Gasteiger partial charge in [0.2, 0.25) is 5.91 Å². The molecule has 3 rings (SSSR count). The number of imidazole rings is 1. The molecule has 22 heavy (non-hydrogen) atoms. The van der Waals surface area contributed by atoms with Crippen molar-refractivity contribution in [2.45, 2.75) is 13.8 Å². The second-order valence-electron chi connectivity index (χ2n) is 4.86. The molecule has 0 bridgehead atoms. The number of aromatic amines is 1. The first-order chi connectivity index (χ1) is 10.5. The predicted molar refractivity (Wildman–Crippen MR) is 85.2 cm³/mol. The molecular formula is C13H15N7OS. The molecule has 1 amide bonds. The highest BCUT2D eigenvalue weighted by molar-refractivity contribution is 7.15. The average molecular weight is 317 g/mol. The highest BCUT2D eigenvalue weighted by Crippen LogP contribution is 2.21. The number of thiazole rings is 1. The molecule has 0 aliphatic rings. The summed E-state index contributed by atoms with van der Waals surface area (Å²) in [6.07, 6.45) is 2.98. The normalized spacial score (nSPS) is 10.9. The maximum atomic E-state index is 12.1. The van der Waals surface area contributed by atoms with Crippen LogP contribution >= 0.6 is 11.3 Å². The van der Waals surface area contributed by atoms with Crippen molar-refractivity contribution in [2.24, 2.45) is 0 Å². The molecule has 0 aliphatic carbocycles. The van der Waals surface area contributed by atoms with Gasteiger partial charge in [-0.25, -0.2) is 19.9 Å². The second-order valence-corrected chi connectivity index (χ2v) is 6.07. The summed E-state index contributed by atoms with van der Waals surface area (Å²) in [6, 6.07) is 0. The topological polar surface area (TPSA) is 99.7 Å². The fourth-order valence-corrected chi connectivity index (χ4v) is 2.85. The van der Waals surface area contributed by atoms with Crippen molar-refractivity contribution in [3.63, 3.8) is 0 Å². The van der Waals surface area contributed by atoms with Gasteiger partial charge in [-0.3, -0.25) is 4.79 Å². The molecule has 8 nitrogen and oxygen atoms in total. The summed E-state index contributed by atoms with van der Waals surface area (Å²) < 4.78 is 0. The van der Waals surface area contributed by atoms with E-state index in [0.29, 0.717) is 22.1 Å². The summed E-state index contributed by atoms with van der Waals surface area (Å²) in [4.78, 5) is 34.6. The van der Waals surface area contributed by atoms with Crippen molar-refractivity contribution in [3.8, 4) is 0 Å². The number of likely N-dealkylation sites (N-methyl/N-ethyl adjacent to an activating group) is 1. The van der Waals surface area contributed by atoms with Crippen LogP contribution in [0, 0.1) is 13.8 Å². The number of carbonyl (C=O) groups is 1. The molecule has 3 aromatic heterocycles. The van der Waals surface area contributed by atoms with Gasteiger partial charge in [0.05, 0.1) is 18.6 Å². The monoisotopic (exact) mass is 317 g/mol. The van der Waals surface area contributed by atoms with Crippen LogP contribution in [0.4, 0.5) is 10.9 Å². The standard InChI is InChI=1S/C13H15N7OS/c1-7-8(2)22-13(18-7)19-9(21)4-20(3)12-10-11(15-5-14-10)16-6-17-12/h5-6H,4H2,1-3H3,(H,18,19,21)(H,14,15,16,17). The minimum atomic E-state index is -0.150. The third kappa shape index (κ3) is 2.75. The molecule has 0 saturated carbocycles. The van der Waals surface area contributed by atoms with Gasteiger partial charge < -0.3 is 15.2 Å². The third-order valence-corrected chi connectivity index (χ3v) is 4.21. The van der Waals surface area contributed by atoms with Gasteiger partial charge >= 0.3 is 0 Å². The number of amides is 1. The van der Waals surface area contributed by atoms with E-state index in [0.717, 1.165) is 10.6 Å². The van der Waals surface area contributed by atoms with Gasteiger partial charge in [0.25, 0.3) is 0 Å². The lowest BCUT2D eigenvalue weighted by Gasteiger charge is -2.17. The summed E-state index contributed by atoms with van der Waals surface area (Å²) in [5, 5.41) is 3.42. The van der Waals surface area contributed by atoms with Gasteiger partial charge in [-0.05, 0) is 13.8 Å². The van der Waals surface area contributed by atoms with E-state index < -0.39 is 0 Å². The highest BCUT2D eigenvalue weighted by atomic mass is 32.1. The number of nitrogens with one attached hydrogen (secondary N) is 2. The Morgan fingerprint density at radius 2 is 2.18 bits per heavy atom. The van der Waals surface area contributed by atoms with Gasteiger partial charge in [-0.15, -0.1) is 11.3 Å². The smallest absolute Gasteiger partial charge is 0.245 e. The molecule has 3 aromatic rings. The molecule has 0 fully saturated rings. The van der Waals surface area contributed by atoms with Gasteiger partial charge in [0.15, 0.2) is 16.6 Å². The molecule has 9 heteroatoms. The van der Waals surface area contributed by atoms with Crippen LogP contribution in [0.5, 0.6) is 0 Å². The molecule has 3 heterocycles. The first kappa shape index (κ1) is 14.4. The first-order valence-corrected chi connectivity index (χ1v) is 7.45. The van der Waals surface area contributed by atoms with Crippen molar-refractivity contribution < 1.29 is 4.79 Å². The van der Waals surface area contributed by atoms with E-state index in [-0.39, 0.29) is 12.5 Å². The molecular weight excluding hydrogens is 302 g/mol. The summed E-state index contributed by atoms with van der Waals surface area (Å²) >= 11 is 1.47. The van der Waals surface area contributed by atoms with Crippen molar-refractivity contribution in [1.82, 2.24) is 24.9 Å². The van der Waals surface area contributed by atoms with E-state index in [9.17, 15) is 4.79 Å². The number of fused-ring (bicyclic) bond motifs is 1. The molecule has 0 aromatic carbocycles. The van der Waals surface area contributed by atoms with E-state index in [2.05, 4.69) is 30.2 Å². The lowest BCUT2D eigenvalue weighted by Crippen LogP contribution is -2.30. The van der Waals surface area contributed by atoms with Crippen LogP contribution in [0.2, 0.25) is 0 Å². The van der Waals surface area contributed by atoms with Crippen molar-refractivity contribution >= 4 is 39.4 Å². The molecule has 2 N–H and O–H groups in total. The Morgan fingerprint density at radius 3 is 2.91 bits per heavy atom. The summed E-state index contributed by atoms with van der Waals surface area (Å²) in [7, 11) is 1.79. The minimum Gasteiger partial charge on any atom is -0.348 e. The van der Waals surface area contributed by atoms with Crippen molar-refractivity contribution in [2.75, 3.05) is 23.8 Å². The van der Waals surface area contributed by atoms with Crippen LogP contribution in [0.15, 0.2) is 12.7 Å². The maximum absolute atomic E-state index is 12.1. The first-order valence-electron chi connectivity index (χ1n) is 6.63. The fourth-order valence-electron chi connectivity index (χ4n) is 2.02. The molecule has 0 aliphatic heterocycles. The number of nitrogens with zero attached hydrogens (tertiary/aromatic N) is 5. The van der Waals surface area contributed by atoms with Gasteiger partial charge in [-0.2, -0.15) is 0 Å². The van der Waals surface area contributed by atoms with E-state index in [1.807, 2.05) is 13.8 Å². The summed E-state index contributed by atoms with van der Waals surface area (Å²) in [5.41, 5.74) is 2.21. The van der Waals surface area contributed by atoms with E-state index in [1.165, 1.54) is 17.7 Å². The Balaban J connectivity index is 1.72. The summed E-state index contributed by atoms with van der Waals surface area (Å²) in [6.45, 7) is 4.05. The molecule has 0 atom stereocenters. The third-order valence-electron chi connectivity index (χ3n) is 3.22. The Morgan fingerprint density at radius 1 is 1.36 bits per heavy atom. The van der Waals surface area contributed by atoms with Crippen LogP contribution in [0.25, 0.3) is 11.2 Å². The molecule has 0 radical (unpaired) electrons. The van der Waals surface area contributed by atoms with Crippen molar-refractivity contribution in [1.29, 1.82) is 0 Å². The predicted octanol–water partition coefficient (Wildman–Crippen LogP) is 1.50. The number of rotatable bonds is 4. The van der Waals surface area contributed by atoms with Crippen LogP contribution in [-0.4, -0.2) is 44.4 Å². The quantitative estimate of drug-likeness (QED) is 0.756. The second kappa shape index (κ2) is 5.68. The average Bonchev–Trinajstić information content (AvgIpc) is 3.05. The molecule has 0 spiro atoms. The van der Waals surface area contributed by atoms with Crippen LogP contribution in [0.3, 0.4) is 0 Å². The highest BCUT2D eigenvalue weighted by Gasteiger charge is 2.15. The molecule has 0 saturated heterocycles. The van der Waals surface area contributed by atoms with Crippen LogP contribution in [0.1, 0.15) is 10.6 Å². The number of hydrogen-bond donors (Lipinski definition) is 2. The number of aryl methyl sites for hydroxylation is 2.